The molecule has 1 saturated carbocycles. The van der Waals surface area contributed by atoms with E-state index in [0.717, 1.165) is 38.8 Å². The number of urea groups is 1. The van der Waals surface area contributed by atoms with Crippen LogP contribution in [0, 0.1) is 5.92 Å². The quantitative estimate of drug-likeness (QED) is 0.870. The Morgan fingerprint density at radius 3 is 2.83 bits per heavy atom. The summed E-state index contributed by atoms with van der Waals surface area (Å²) in [5, 5.41) is 12.9. The van der Waals surface area contributed by atoms with Gasteiger partial charge in [-0.05, 0) is 44.7 Å². The minimum atomic E-state index is -0.339. The van der Waals surface area contributed by atoms with Crippen LogP contribution in [0.1, 0.15) is 32.6 Å². The van der Waals surface area contributed by atoms with Gasteiger partial charge in [0, 0.05) is 35.2 Å². The molecule has 0 radical (unpaired) electrons. The number of hydrogen-bond acceptors (Lipinski definition) is 3. The van der Waals surface area contributed by atoms with E-state index in [0.29, 0.717) is 6.54 Å². The normalized spacial score (nSPS) is 24.1. The lowest BCUT2D eigenvalue weighted by molar-refractivity contribution is 0.0739. The highest BCUT2D eigenvalue weighted by atomic mass is 32.2. The number of aliphatic hydroxyl groups excluding tert-OH is 1. The molecule has 2 amide bonds. The van der Waals surface area contributed by atoms with Gasteiger partial charge in [0.25, 0.3) is 0 Å². The van der Waals surface area contributed by atoms with E-state index in [1.165, 1.54) is 4.90 Å². The molecule has 0 aromatic heterocycles. The van der Waals surface area contributed by atoms with Crippen LogP contribution in [0.4, 0.5) is 4.79 Å². The summed E-state index contributed by atoms with van der Waals surface area (Å²) in [6, 6.07) is 10.4. The second kappa shape index (κ2) is 7.14. The molecule has 2 unspecified atom stereocenters. The first-order valence-electron chi connectivity index (χ1n) is 8.53. The number of piperidine rings is 1. The molecule has 3 rings (SSSR count). The van der Waals surface area contributed by atoms with Gasteiger partial charge in [-0.25, -0.2) is 4.79 Å². The summed E-state index contributed by atoms with van der Waals surface area (Å²) in [4.78, 5) is 15.6. The van der Waals surface area contributed by atoms with Gasteiger partial charge in [0.15, 0.2) is 0 Å². The van der Waals surface area contributed by atoms with Crippen molar-refractivity contribution >= 4 is 17.8 Å². The molecule has 23 heavy (non-hydrogen) atoms. The highest BCUT2D eigenvalue weighted by Gasteiger charge is 2.44. The van der Waals surface area contributed by atoms with Crippen molar-refractivity contribution in [2.45, 2.75) is 48.4 Å². The van der Waals surface area contributed by atoms with Crippen LogP contribution in [-0.2, 0) is 0 Å². The lowest BCUT2D eigenvalue weighted by Gasteiger charge is -2.34. The Morgan fingerprint density at radius 2 is 2.17 bits per heavy atom. The Labute approximate surface area is 142 Å². The van der Waals surface area contributed by atoms with Crippen LogP contribution >= 0.6 is 11.8 Å². The number of nitrogens with zero attached hydrogens (tertiary/aromatic N) is 1. The molecule has 2 N–H and O–H groups in total. The van der Waals surface area contributed by atoms with Crippen molar-refractivity contribution in [3.8, 4) is 0 Å². The molecule has 1 saturated heterocycles. The number of hydrogen-bond donors (Lipinski definition) is 2. The van der Waals surface area contributed by atoms with Crippen LogP contribution in [0.15, 0.2) is 35.2 Å². The maximum absolute atomic E-state index is 12.4. The van der Waals surface area contributed by atoms with E-state index in [4.69, 9.17) is 0 Å². The minimum Gasteiger partial charge on any atom is -0.393 e. The highest BCUT2D eigenvalue weighted by molar-refractivity contribution is 8.01. The van der Waals surface area contributed by atoms with Gasteiger partial charge in [0.05, 0.1) is 6.10 Å². The molecule has 1 aromatic carbocycles. The van der Waals surface area contributed by atoms with Crippen LogP contribution in [0.5, 0.6) is 0 Å². The second-order valence-electron chi connectivity index (χ2n) is 6.85. The molecule has 0 spiro atoms. The van der Waals surface area contributed by atoms with Crippen molar-refractivity contribution in [2.24, 2.45) is 5.92 Å². The maximum atomic E-state index is 12.4. The maximum Gasteiger partial charge on any atom is 0.317 e. The van der Waals surface area contributed by atoms with E-state index in [1.807, 2.05) is 29.7 Å². The highest BCUT2D eigenvalue weighted by Crippen LogP contribution is 2.51. The fourth-order valence-corrected chi connectivity index (χ4v) is 4.37. The lowest BCUT2D eigenvalue weighted by atomic mass is 9.94. The lowest BCUT2D eigenvalue weighted by Crippen LogP contribution is -2.48. The molecule has 126 valence electrons. The van der Waals surface area contributed by atoms with Crippen LogP contribution in [0.3, 0.4) is 0 Å². The van der Waals surface area contributed by atoms with Gasteiger partial charge in [0.1, 0.15) is 0 Å². The summed E-state index contributed by atoms with van der Waals surface area (Å²) in [5.41, 5.74) is 0. The second-order valence-corrected chi connectivity index (χ2v) is 8.39. The Kier molecular flexibility index (Phi) is 5.17. The monoisotopic (exact) mass is 334 g/mol. The third-order valence-electron chi connectivity index (χ3n) is 4.87. The Balaban J connectivity index is 1.49. The van der Waals surface area contributed by atoms with Crippen molar-refractivity contribution in [1.82, 2.24) is 10.2 Å². The van der Waals surface area contributed by atoms with Crippen molar-refractivity contribution in [1.29, 1.82) is 0 Å². The van der Waals surface area contributed by atoms with Gasteiger partial charge in [-0.1, -0.05) is 18.2 Å². The van der Waals surface area contributed by atoms with Gasteiger partial charge < -0.3 is 15.3 Å². The number of carbonyl (C=O) groups excluding carboxylic acids is 1. The van der Waals surface area contributed by atoms with Crippen LogP contribution in [0.25, 0.3) is 0 Å². The predicted molar refractivity (Wildman–Crippen MR) is 93.6 cm³/mol. The summed E-state index contributed by atoms with van der Waals surface area (Å²) in [6.45, 7) is 4.01. The van der Waals surface area contributed by atoms with Crippen molar-refractivity contribution < 1.29 is 9.90 Å². The number of benzene rings is 1. The summed E-state index contributed by atoms with van der Waals surface area (Å²) in [6.07, 6.45) is 3.96. The molecule has 4 nitrogen and oxygen atoms in total. The first-order valence-corrected chi connectivity index (χ1v) is 9.35. The first-order chi connectivity index (χ1) is 11.1. The van der Waals surface area contributed by atoms with Gasteiger partial charge in [-0.15, -0.1) is 11.8 Å². The third-order valence-corrected chi connectivity index (χ3v) is 6.37. The SMILES string of the molecule is CC(O)C1CCCN(C(=O)NCC2(Sc3ccccc3)CC2)C1. The number of thioether (sulfide) groups is 1. The average molecular weight is 334 g/mol. The van der Waals surface area contributed by atoms with Gasteiger partial charge >= 0.3 is 6.03 Å². The summed E-state index contributed by atoms with van der Waals surface area (Å²) < 4.78 is 0.177. The zero-order valence-corrected chi connectivity index (χ0v) is 14.5. The molecule has 2 atom stereocenters. The van der Waals surface area contributed by atoms with E-state index in [-0.39, 0.29) is 22.8 Å². The Hall–Kier alpha value is -1.20. The molecule has 2 fully saturated rings. The predicted octanol–water partition coefficient (Wildman–Crippen LogP) is 3.11. The topological polar surface area (TPSA) is 52.6 Å². The van der Waals surface area contributed by atoms with E-state index >= 15 is 0 Å². The third kappa shape index (κ3) is 4.42. The number of amides is 2. The smallest absolute Gasteiger partial charge is 0.317 e. The Morgan fingerprint density at radius 1 is 1.43 bits per heavy atom. The molecule has 1 aromatic rings. The molecule has 0 bridgehead atoms. The fourth-order valence-electron chi connectivity index (χ4n) is 3.13. The molecular formula is C18H26N2O2S. The largest absolute Gasteiger partial charge is 0.393 e. The average Bonchev–Trinajstić information content (AvgIpc) is 3.33. The van der Waals surface area contributed by atoms with Crippen molar-refractivity contribution in [3.63, 3.8) is 0 Å². The van der Waals surface area contributed by atoms with E-state index in [9.17, 15) is 9.90 Å². The molecule has 1 aliphatic carbocycles. The number of likely N-dealkylation sites (tertiary alicyclic amines) is 1. The van der Waals surface area contributed by atoms with Gasteiger partial charge in [-0.3, -0.25) is 0 Å². The van der Waals surface area contributed by atoms with Crippen LogP contribution in [0.2, 0.25) is 0 Å². The Bertz CT molecular complexity index is 531. The standard InChI is InChI=1S/C18H26N2O2S/c1-14(21)15-6-5-11-20(12-15)17(22)19-13-18(9-10-18)23-16-7-3-2-4-8-16/h2-4,7-8,14-15,21H,5-6,9-13H2,1H3,(H,19,22). The molecular weight excluding hydrogens is 308 g/mol. The molecule has 1 aliphatic heterocycles. The zero-order chi connectivity index (χ0) is 16.3. The molecule has 2 aliphatic rings. The van der Waals surface area contributed by atoms with Crippen molar-refractivity contribution in [3.05, 3.63) is 30.3 Å². The summed E-state index contributed by atoms with van der Waals surface area (Å²) in [5.74, 6) is 0.211. The minimum absolute atomic E-state index is 0.0234. The molecule has 5 heteroatoms. The zero-order valence-electron chi connectivity index (χ0n) is 13.7. The van der Waals surface area contributed by atoms with E-state index < -0.39 is 0 Å². The van der Waals surface area contributed by atoms with Crippen LogP contribution < -0.4 is 5.32 Å². The first kappa shape index (κ1) is 16.7. The van der Waals surface area contributed by atoms with Gasteiger partial charge in [0.2, 0.25) is 0 Å². The number of rotatable bonds is 5. The van der Waals surface area contributed by atoms with E-state index in [1.54, 1.807) is 0 Å². The number of carbonyl (C=O) groups is 1. The van der Waals surface area contributed by atoms with Crippen molar-refractivity contribution in [2.75, 3.05) is 19.6 Å². The number of nitrogens with one attached hydrogen (secondary N) is 1. The van der Waals surface area contributed by atoms with E-state index in [2.05, 4.69) is 29.6 Å². The molecule has 1 heterocycles. The fraction of sp³-hybridized carbons (Fsp3) is 0.611. The van der Waals surface area contributed by atoms with Gasteiger partial charge in [-0.2, -0.15) is 0 Å². The summed E-state index contributed by atoms with van der Waals surface area (Å²) in [7, 11) is 0. The number of aliphatic hydroxyl groups is 1. The summed E-state index contributed by atoms with van der Waals surface area (Å²) >= 11 is 1.88. The van der Waals surface area contributed by atoms with Crippen LogP contribution in [-0.4, -0.2) is 46.5 Å².